The molecule has 0 spiro atoms. The van der Waals surface area contributed by atoms with Gasteiger partial charge >= 0.3 is 0 Å². The van der Waals surface area contributed by atoms with Gasteiger partial charge < -0.3 is 10.1 Å². The van der Waals surface area contributed by atoms with Gasteiger partial charge in [0.25, 0.3) is 0 Å². The SMILES string of the molecule is C[C@@H](Nc1ncccc1C#N)C1(N2CCOCC2)CCCC1. The fraction of sp³-hybridized carbons (Fsp3) is 0.647. The lowest BCUT2D eigenvalue weighted by molar-refractivity contribution is -0.0261. The highest BCUT2D eigenvalue weighted by molar-refractivity contribution is 5.52. The van der Waals surface area contributed by atoms with Crippen molar-refractivity contribution in [2.45, 2.75) is 44.2 Å². The second-order valence-electron chi connectivity index (χ2n) is 6.29. The van der Waals surface area contributed by atoms with Gasteiger partial charge in [-0.25, -0.2) is 4.98 Å². The molecule has 1 aromatic heterocycles. The van der Waals surface area contributed by atoms with Gasteiger partial charge in [0.05, 0.1) is 18.8 Å². The molecule has 1 aliphatic heterocycles. The molecule has 1 aromatic rings. The van der Waals surface area contributed by atoms with Crippen molar-refractivity contribution in [3.63, 3.8) is 0 Å². The van der Waals surface area contributed by atoms with Crippen LogP contribution in [-0.2, 0) is 4.74 Å². The summed E-state index contributed by atoms with van der Waals surface area (Å²) in [5, 5.41) is 12.8. The van der Waals surface area contributed by atoms with Crippen molar-refractivity contribution in [1.82, 2.24) is 9.88 Å². The highest BCUT2D eigenvalue weighted by atomic mass is 16.5. The van der Waals surface area contributed by atoms with Crippen molar-refractivity contribution < 1.29 is 4.74 Å². The van der Waals surface area contributed by atoms with Gasteiger partial charge in [0.2, 0.25) is 0 Å². The van der Waals surface area contributed by atoms with Crippen LogP contribution in [0.15, 0.2) is 18.3 Å². The lowest BCUT2D eigenvalue weighted by Crippen LogP contribution is -2.59. The number of ether oxygens (including phenoxy) is 1. The predicted octanol–water partition coefficient (Wildman–Crippen LogP) is 2.40. The summed E-state index contributed by atoms with van der Waals surface area (Å²) in [4.78, 5) is 6.95. The van der Waals surface area contributed by atoms with Gasteiger partial charge in [0.1, 0.15) is 11.9 Å². The van der Waals surface area contributed by atoms with E-state index in [0.717, 1.165) is 26.3 Å². The lowest BCUT2D eigenvalue weighted by atomic mass is 9.86. The standard InChI is InChI=1S/C17H24N4O/c1-14(20-16-15(13-18)5-4-8-19-16)17(6-2-3-7-17)21-9-11-22-12-10-21/h4-5,8,14H,2-3,6-7,9-12H2,1H3,(H,19,20)/t14-/m1/s1. The Labute approximate surface area is 132 Å². The summed E-state index contributed by atoms with van der Waals surface area (Å²) in [6.07, 6.45) is 6.70. The number of nitrogens with zero attached hydrogens (tertiary/aromatic N) is 3. The third-order valence-corrected chi connectivity index (χ3v) is 5.20. The maximum absolute atomic E-state index is 9.25. The highest BCUT2D eigenvalue weighted by Gasteiger charge is 2.44. The van der Waals surface area contributed by atoms with Crippen LogP contribution in [0.3, 0.4) is 0 Å². The number of hydrogen-bond donors (Lipinski definition) is 1. The number of hydrogen-bond acceptors (Lipinski definition) is 5. The quantitative estimate of drug-likeness (QED) is 0.925. The number of aromatic nitrogens is 1. The molecule has 1 N–H and O–H groups in total. The van der Waals surface area contributed by atoms with Crippen molar-refractivity contribution in [3.8, 4) is 6.07 Å². The predicted molar refractivity (Wildman–Crippen MR) is 85.6 cm³/mol. The van der Waals surface area contributed by atoms with Crippen molar-refractivity contribution in [3.05, 3.63) is 23.9 Å². The van der Waals surface area contributed by atoms with Gasteiger partial charge in [-0.1, -0.05) is 12.8 Å². The van der Waals surface area contributed by atoms with Crippen LogP contribution < -0.4 is 5.32 Å². The van der Waals surface area contributed by atoms with Gasteiger partial charge in [-0.3, -0.25) is 4.90 Å². The van der Waals surface area contributed by atoms with Crippen molar-refractivity contribution in [1.29, 1.82) is 5.26 Å². The average molecular weight is 300 g/mol. The molecule has 0 aromatic carbocycles. The molecule has 3 rings (SSSR count). The second kappa shape index (κ2) is 6.64. The monoisotopic (exact) mass is 300 g/mol. The third-order valence-electron chi connectivity index (χ3n) is 5.20. The van der Waals surface area contributed by atoms with E-state index in [4.69, 9.17) is 4.74 Å². The van der Waals surface area contributed by atoms with Crippen LogP contribution in [-0.4, -0.2) is 47.8 Å². The molecule has 0 radical (unpaired) electrons. The van der Waals surface area contributed by atoms with E-state index in [0.29, 0.717) is 11.4 Å². The van der Waals surface area contributed by atoms with Crippen LogP contribution in [0.2, 0.25) is 0 Å². The first-order chi connectivity index (χ1) is 10.8. The molecule has 1 saturated carbocycles. The summed E-state index contributed by atoms with van der Waals surface area (Å²) < 4.78 is 5.52. The zero-order valence-corrected chi connectivity index (χ0v) is 13.2. The Balaban J connectivity index is 1.81. The molecule has 0 bridgehead atoms. The minimum absolute atomic E-state index is 0.161. The van der Waals surface area contributed by atoms with E-state index in [-0.39, 0.29) is 11.6 Å². The molecule has 2 heterocycles. The summed E-state index contributed by atoms with van der Waals surface area (Å²) in [5.41, 5.74) is 0.776. The van der Waals surface area contributed by atoms with Crippen LogP contribution in [0.4, 0.5) is 5.82 Å². The Bertz CT molecular complexity index is 542. The molecular weight excluding hydrogens is 276 g/mol. The number of nitrogens with one attached hydrogen (secondary N) is 1. The molecule has 1 saturated heterocycles. The van der Waals surface area contributed by atoms with E-state index in [1.807, 2.05) is 12.1 Å². The molecule has 2 fully saturated rings. The molecular formula is C17H24N4O. The van der Waals surface area contributed by atoms with E-state index in [1.165, 1.54) is 25.7 Å². The van der Waals surface area contributed by atoms with E-state index < -0.39 is 0 Å². The largest absolute Gasteiger partial charge is 0.379 e. The number of rotatable bonds is 4. The zero-order valence-electron chi connectivity index (χ0n) is 13.2. The normalized spacial score (nSPS) is 22.9. The van der Waals surface area contributed by atoms with Gasteiger partial charge in [-0.05, 0) is 31.9 Å². The second-order valence-corrected chi connectivity index (χ2v) is 6.29. The maximum Gasteiger partial charge on any atom is 0.144 e. The first-order valence-electron chi connectivity index (χ1n) is 8.21. The van der Waals surface area contributed by atoms with E-state index in [2.05, 4.69) is 28.2 Å². The molecule has 1 atom stereocenters. The Hall–Kier alpha value is -1.64. The van der Waals surface area contributed by atoms with E-state index in [1.54, 1.807) is 6.20 Å². The Morgan fingerprint density at radius 3 is 2.77 bits per heavy atom. The zero-order chi connectivity index (χ0) is 15.4. The van der Waals surface area contributed by atoms with Crippen molar-refractivity contribution >= 4 is 5.82 Å². The smallest absolute Gasteiger partial charge is 0.144 e. The van der Waals surface area contributed by atoms with Crippen molar-refractivity contribution in [2.75, 3.05) is 31.6 Å². The van der Waals surface area contributed by atoms with Gasteiger partial charge in [-0.15, -0.1) is 0 Å². The Kier molecular flexibility index (Phi) is 4.60. The first kappa shape index (κ1) is 15.3. The maximum atomic E-state index is 9.25. The fourth-order valence-electron chi connectivity index (χ4n) is 3.97. The number of anilines is 1. The summed E-state index contributed by atoms with van der Waals surface area (Å²) in [6.45, 7) is 5.87. The summed E-state index contributed by atoms with van der Waals surface area (Å²) in [5.74, 6) is 0.706. The fourth-order valence-corrected chi connectivity index (χ4v) is 3.97. The van der Waals surface area contributed by atoms with Crippen LogP contribution in [0.5, 0.6) is 0 Å². The lowest BCUT2D eigenvalue weighted by Gasteiger charge is -2.47. The first-order valence-corrected chi connectivity index (χ1v) is 8.21. The molecule has 0 unspecified atom stereocenters. The highest BCUT2D eigenvalue weighted by Crippen LogP contribution is 2.39. The molecule has 118 valence electrons. The molecule has 0 amide bonds. The molecule has 5 nitrogen and oxygen atoms in total. The number of morpholine rings is 1. The Morgan fingerprint density at radius 2 is 2.09 bits per heavy atom. The molecule has 22 heavy (non-hydrogen) atoms. The van der Waals surface area contributed by atoms with Crippen LogP contribution in [0.1, 0.15) is 38.2 Å². The minimum atomic E-state index is 0.161. The van der Waals surface area contributed by atoms with Crippen LogP contribution in [0.25, 0.3) is 0 Å². The number of nitriles is 1. The van der Waals surface area contributed by atoms with E-state index in [9.17, 15) is 5.26 Å². The molecule has 1 aliphatic carbocycles. The van der Waals surface area contributed by atoms with Crippen LogP contribution >= 0.6 is 0 Å². The summed E-state index contributed by atoms with van der Waals surface area (Å²) in [6, 6.07) is 6.11. The van der Waals surface area contributed by atoms with Crippen molar-refractivity contribution in [2.24, 2.45) is 0 Å². The summed E-state index contributed by atoms with van der Waals surface area (Å²) >= 11 is 0. The van der Waals surface area contributed by atoms with Crippen LogP contribution in [0, 0.1) is 11.3 Å². The topological polar surface area (TPSA) is 61.2 Å². The molecule has 5 heteroatoms. The Morgan fingerprint density at radius 1 is 1.36 bits per heavy atom. The van der Waals surface area contributed by atoms with Gasteiger partial charge in [0.15, 0.2) is 0 Å². The average Bonchev–Trinajstić information content (AvgIpc) is 3.07. The van der Waals surface area contributed by atoms with E-state index >= 15 is 0 Å². The molecule has 2 aliphatic rings. The number of pyridine rings is 1. The van der Waals surface area contributed by atoms with Gasteiger partial charge in [0, 0.05) is 30.9 Å². The third kappa shape index (κ3) is 2.81. The van der Waals surface area contributed by atoms with Gasteiger partial charge in [-0.2, -0.15) is 5.26 Å². The minimum Gasteiger partial charge on any atom is -0.379 e. The summed E-state index contributed by atoms with van der Waals surface area (Å²) in [7, 11) is 0.